The summed E-state index contributed by atoms with van der Waals surface area (Å²) in [5.74, 6) is 0.630. The van der Waals surface area contributed by atoms with Crippen molar-refractivity contribution in [2.45, 2.75) is 39.5 Å². The van der Waals surface area contributed by atoms with Gasteiger partial charge in [-0.25, -0.2) is 0 Å². The topological polar surface area (TPSA) is 61.7 Å². The van der Waals surface area contributed by atoms with Gasteiger partial charge >= 0.3 is 0 Å². The zero-order valence-electron chi connectivity index (χ0n) is 13.2. The van der Waals surface area contributed by atoms with Gasteiger partial charge in [-0.05, 0) is 30.4 Å². The Labute approximate surface area is 127 Å². The summed E-state index contributed by atoms with van der Waals surface area (Å²) in [7, 11) is 1.70. The van der Waals surface area contributed by atoms with Crippen LogP contribution in [0.15, 0.2) is 29.4 Å². The first-order valence-corrected chi connectivity index (χ1v) is 7.50. The number of aromatic hydroxyl groups is 1. The summed E-state index contributed by atoms with van der Waals surface area (Å²) in [6.45, 7) is 4.42. The van der Waals surface area contributed by atoms with E-state index in [0.29, 0.717) is 16.9 Å². The predicted octanol–water partition coefficient (Wildman–Crippen LogP) is 3.35. The summed E-state index contributed by atoms with van der Waals surface area (Å²) in [5, 5.41) is 13.0. The lowest BCUT2D eigenvalue weighted by Crippen LogP contribution is -1.98. The highest BCUT2D eigenvalue weighted by atomic mass is 16.3. The van der Waals surface area contributed by atoms with Gasteiger partial charge in [-0.1, -0.05) is 38.8 Å². The van der Waals surface area contributed by atoms with Gasteiger partial charge in [-0.15, -0.1) is 0 Å². The number of nitrogens with one attached hydrogen (secondary N) is 1. The van der Waals surface area contributed by atoms with E-state index in [2.05, 4.69) is 24.4 Å². The van der Waals surface area contributed by atoms with Crippen LogP contribution in [0, 0.1) is 11.3 Å². The maximum absolute atomic E-state index is 10.3. The summed E-state index contributed by atoms with van der Waals surface area (Å²) in [6, 6.07) is 7.02. The second-order valence-electron chi connectivity index (χ2n) is 5.74. The average Bonchev–Trinajstić information content (AvgIpc) is 3.16. The van der Waals surface area contributed by atoms with Crippen molar-refractivity contribution in [1.29, 1.82) is 0 Å². The first-order valence-electron chi connectivity index (χ1n) is 7.50. The maximum Gasteiger partial charge on any atom is 0.124 e. The molecular weight excluding hydrogens is 264 g/mol. The number of hydrazone groups is 1. The lowest BCUT2D eigenvalue weighted by molar-refractivity contribution is -0.109. The first-order chi connectivity index (χ1) is 10.1. The summed E-state index contributed by atoms with van der Waals surface area (Å²) in [5.41, 5.74) is 3.71. The number of benzene rings is 1. The number of phenols is 1. The molecule has 0 heterocycles. The molecule has 2 rings (SSSR count). The minimum absolute atomic E-state index is 0.242. The molecule has 0 amide bonds. The molecule has 0 bridgehead atoms. The molecule has 1 saturated carbocycles. The Bertz CT molecular complexity index is 474. The normalized spacial score (nSPS) is 23.3. The molecule has 116 valence electrons. The van der Waals surface area contributed by atoms with Crippen LogP contribution in [0.1, 0.15) is 45.1 Å². The van der Waals surface area contributed by atoms with Gasteiger partial charge in [0, 0.05) is 18.5 Å². The van der Waals surface area contributed by atoms with Gasteiger partial charge in [0.25, 0.3) is 0 Å². The van der Waals surface area contributed by atoms with E-state index in [-0.39, 0.29) is 5.75 Å². The third-order valence-corrected chi connectivity index (χ3v) is 3.96. The van der Waals surface area contributed by atoms with Crippen LogP contribution in [-0.4, -0.2) is 24.7 Å². The minimum atomic E-state index is 0.242. The molecule has 4 nitrogen and oxygen atoms in total. The van der Waals surface area contributed by atoms with Crippen molar-refractivity contribution < 1.29 is 9.90 Å². The third-order valence-electron chi connectivity index (χ3n) is 3.96. The SMILES string of the molecule is CCCCC1(C)CC1C=O.CN/N=C/c1ccccc1O. The van der Waals surface area contributed by atoms with E-state index in [1.807, 2.05) is 6.07 Å². The van der Waals surface area contributed by atoms with Crippen molar-refractivity contribution in [1.82, 2.24) is 5.43 Å². The second-order valence-corrected chi connectivity index (χ2v) is 5.74. The van der Waals surface area contributed by atoms with Gasteiger partial charge < -0.3 is 15.3 Å². The van der Waals surface area contributed by atoms with Gasteiger partial charge in [0.1, 0.15) is 12.0 Å². The van der Waals surface area contributed by atoms with Crippen LogP contribution in [0.4, 0.5) is 0 Å². The van der Waals surface area contributed by atoms with Crippen molar-refractivity contribution in [3.05, 3.63) is 29.8 Å². The quantitative estimate of drug-likeness (QED) is 0.480. The molecule has 1 aliphatic rings. The first kappa shape index (κ1) is 17.2. The fourth-order valence-electron chi connectivity index (χ4n) is 2.25. The molecular formula is C17H26N2O2. The maximum atomic E-state index is 10.3. The number of nitrogens with zero attached hydrogens (tertiary/aromatic N) is 1. The fourth-order valence-corrected chi connectivity index (χ4v) is 2.25. The van der Waals surface area contributed by atoms with Crippen LogP contribution < -0.4 is 5.43 Å². The van der Waals surface area contributed by atoms with Crippen molar-refractivity contribution >= 4 is 12.5 Å². The van der Waals surface area contributed by atoms with Crippen LogP contribution in [0.2, 0.25) is 0 Å². The largest absolute Gasteiger partial charge is 0.507 e. The molecule has 2 atom stereocenters. The summed E-state index contributed by atoms with van der Waals surface area (Å²) < 4.78 is 0. The molecule has 2 N–H and O–H groups in total. The smallest absolute Gasteiger partial charge is 0.124 e. The molecule has 0 saturated heterocycles. The van der Waals surface area contributed by atoms with E-state index in [1.165, 1.54) is 19.3 Å². The highest BCUT2D eigenvalue weighted by Gasteiger charge is 2.48. The van der Waals surface area contributed by atoms with Crippen LogP contribution in [-0.2, 0) is 4.79 Å². The molecule has 1 aliphatic carbocycles. The van der Waals surface area contributed by atoms with Crippen LogP contribution in [0.3, 0.4) is 0 Å². The lowest BCUT2D eigenvalue weighted by Gasteiger charge is -2.05. The molecule has 21 heavy (non-hydrogen) atoms. The number of para-hydroxylation sites is 1. The molecule has 0 aromatic heterocycles. The molecule has 4 heteroatoms. The Morgan fingerprint density at radius 2 is 2.19 bits per heavy atom. The number of carbonyl (C=O) groups is 1. The lowest BCUT2D eigenvalue weighted by atomic mass is 9.99. The average molecular weight is 290 g/mol. The van der Waals surface area contributed by atoms with Crippen LogP contribution >= 0.6 is 0 Å². The van der Waals surface area contributed by atoms with E-state index in [0.717, 1.165) is 12.7 Å². The molecule has 2 unspecified atom stereocenters. The molecule has 0 aliphatic heterocycles. The van der Waals surface area contributed by atoms with Crippen molar-refractivity contribution in [3.63, 3.8) is 0 Å². The van der Waals surface area contributed by atoms with Crippen molar-refractivity contribution in [2.75, 3.05) is 7.05 Å². The molecule has 0 radical (unpaired) electrons. The zero-order valence-corrected chi connectivity index (χ0v) is 13.2. The Balaban J connectivity index is 0.000000211. The summed E-state index contributed by atoms with van der Waals surface area (Å²) in [6.07, 6.45) is 7.59. The molecule has 0 spiro atoms. The number of carbonyl (C=O) groups excluding carboxylic acids is 1. The zero-order chi connectivity index (χ0) is 15.7. The Kier molecular flexibility index (Phi) is 6.92. The van der Waals surface area contributed by atoms with Crippen LogP contribution in [0.5, 0.6) is 5.75 Å². The number of unbranched alkanes of at least 4 members (excludes halogenated alkanes) is 1. The van der Waals surface area contributed by atoms with E-state index >= 15 is 0 Å². The minimum Gasteiger partial charge on any atom is -0.507 e. The number of aldehydes is 1. The highest BCUT2D eigenvalue weighted by molar-refractivity contribution is 5.82. The van der Waals surface area contributed by atoms with E-state index < -0.39 is 0 Å². The molecule has 1 aromatic carbocycles. The van der Waals surface area contributed by atoms with Crippen molar-refractivity contribution in [2.24, 2.45) is 16.4 Å². The number of hydrogen-bond acceptors (Lipinski definition) is 4. The van der Waals surface area contributed by atoms with E-state index in [9.17, 15) is 9.90 Å². The Hall–Kier alpha value is -1.84. The van der Waals surface area contributed by atoms with E-state index in [1.54, 1.807) is 31.5 Å². The Morgan fingerprint density at radius 1 is 1.48 bits per heavy atom. The predicted molar refractivity (Wildman–Crippen MR) is 86.6 cm³/mol. The number of phenolic OH excluding ortho intramolecular Hbond substituents is 1. The third kappa shape index (κ3) is 5.58. The molecule has 1 fully saturated rings. The standard InChI is InChI=1S/C9H16O.C8H10N2O/c1-3-4-5-9(2)6-8(9)7-10;1-9-10-6-7-4-2-3-5-8(7)11/h7-8H,3-6H2,1-2H3;2-6,9,11H,1H3/b;10-6+. The van der Waals surface area contributed by atoms with Gasteiger partial charge in [0.2, 0.25) is 0 Å². The van der Waals surface area contributed by atoms with Gasteiger partial charge in [0.05, 0.1) is 6.21 Å². The number of hydrogen-bond donors (Lipinski definition) is 2. The summed E-state index contributed by atoms with van der Waals surface area (Å²) >= 11 is 0. The van der Waals surface area contributed by atoms with Crippen LogP contribution in [0.25, 0.3) is 0 Å². The van der Waals surface area contributed by atoms with Gasteiger partial charge in [-0.3, -0.25) is 0 Å². The summed E-state index contributed by atoms with van der Waals surface area (Å²) in [4.78, 5) is 10.3. The highest BCUT2D eigenvalue weighted by Crippen LogP contribution is 2.54. The van der Waals surface area contributed by atoms with Gasteiger partial charge in [-0.2, -0.15) is 5.10 Å². The van der Waals surface area contributed by atoms with Crippen molar-refractivity contribution in [3.8, 4) is 5.75 Å². The molecule has 1 aromatic rings. The fraction of sp³-hybridized carbons (Fsp3) is 0.529. The van der Waals surface area contributed by atoms with Gasteiger partial charge in [0.15, 0.2) is 0 Å². The monoisotopic (exact) mass is 290 g/mol. The van der Waals surface area contributed by atoms with E-state index in [4.69, 9.17) is 0 Å². The Morgan fingerprint density at radius 3 is 2.71 bits per heavy atom. The number of rotatable bonds is 6. The second kappa shape index (κ2) is 8.45.